The minimum absolute atomic E-state index is 0.104. The smallest absolute Gasteiger partial charge is 0.418 e. The Morgan fingerprint density at radius 1 is 1.12 bits per heavy atom. The molecule has 40 heavy (non-hydrogen) atoms. The molecule has 1 unspecified atom stereocenters. The van der Waals surface area contributed by atoms with Crippen LogP contribution in [0.5, 0.6) is 0 Å². The van der Waals surface area contributed by atoms with Gasteiger partial charge in [-0.15, -0.1) is 0 Å². The topological polar surface area (TPSA) is 112 Å². The maximum absolute atomic E-state index is 13.8. The van der Waals surface area contributed by atoms with Gasteiger partial charge in [0.15, 0.2) is 5.03 Å². The summed E-state index contributed by atoms with van der Waals surface area (Å²) in [6.07, 6.45) is -0.0818. The molecule has 1 aliphatic heterocycles. The SMILES string of the molecule is C=Cc1ccccc1-c1nc(NS(=O)(=O)c2cccc(N3CCCC(CCCC(=O)O)C3)n2)ccc1C(F)(F)F. The van der Waals surface area contributed by atoms with Gasteiger partial charge in [-0.3, -0.25) is 9.52 Å². The van der Waals surface area contributed by atoms with E-state index in [9.17, 15) is 26.4 Å². The molecule has 0 radical (unpaired) electrons. The highest BCUT2D eigenvalue weighted by Gasteiger charge is 2.35. The van der Waals surface area contributed by atoms with Gasteiger partial charge in [0.1, 0.15) is 11.6 Å². The fourth-order valence-electron chi connectivity index (χ4n) is 4.81. The molecular weight excluding hydrogens is 545 g/mol. The van der Waals surface area contributed by atoms with Crippen LogP contribution in [0, 0.1) is 5.92 Å². The molecule has 3 aromatic rings. The number of benzene rings is 1. The Morgan fingerprint density at radius 2 is 1.90 bits per heavy atom. The molecule has 0 aliphatic carbocycles. The normalized spacial score (nSPS) is 16.0. The van der Waals surface area contributed by atoms with Crippen molar-refractivity contribution in [1.82, 2.24) is 9.97 Å². The Kier molecular flexibility index (Phi) is 8.77. The fraction of sp³-hybridized carbons (Fsp3) is 0.321. The number of aromatic nitrogens is 2. The van der Waals surface area contributed by atoms with Crippen LogP contribution >= 0.6 is 0 Å². The van der Waals surface area contributed by atoms with Gasteiger partial charge in [0, 0.05) is 25.1 Å². The van der Waals surface area contributed by atoms with Crippen LogP contribution in [0.25, 0.3) is 17.3 Å². The van der Waals surface area contributed by atoms with Crippen molar-refractivity contribution in [2.75, 3.05) is 22.7 Å². The van der Waals surface area contributed by atoms with Crippen LogP contribution in [0.15, 0.2) is 66.2 Å². The van der Waals surface area contributed by atoms with Gasteiger partial charge in [0.05, 0.1) is 11.3 Å². The van der Waals surface area contributed by atoms with Crippen molar-refractivity contribution in [3.63, 3.8) is 0 Å². The molecule has 1 fully saturated rings. The third kappa shape index (κ3) is 6.98. The number of hydrogen-bond donors (Lipinski definition) is 2. The monoisotopic (exact) mass is 574 g/mol. The molecule has 2 aromatic heterocycles. The predicted octanol–water partition coefficient (Wildman–Crippen LogP) is 6.08. The van der Waals surface area contributed by atoms with E-state index >= 15 is 0 Å². The van der Waals surface area contributed by atoms with Crippen LogP contribution in [-0.4, -0.2) is 42.6 Å². The van der Waals surface area contributed by atoms with Gasteiger partial charge in [-0.1, -0.05) is 43.0 Å². The van der Waals surface area contributed by atoms with Crippen LogP contribution < -0.4 is 9.62 Å². The standard InChI is InChI=1S/C28H29F3N4O4S/c1-2-20-10-3-4-11-21(20)27-22(28(29,30)31)15-16-23(32-27)34-40(38,39)25-13-6-12-24(33-25)35-17-7-9-19(18-35)8-5-14-26(36)37/h2-4,6,10-13,15-16,19H,1,5,7-9,14,17-18H2,(H,32,34)(H,36,37). The molecule has 1 aliphatic rings. The lowest BCUT2D eigenvalue weighted by atomic mass is 9.93. The summed E-state index contributed by atoms with van der Waals surface area (Å²) >= 11 is 0. The number of nitrogens with one attached hydrogen (secondary N) is 1. The summed E-state index contributed by atoms with van der Waals surface area (Å²) in [4.78, 5) is 21.2. The van der Waals surface area contributed by atoms with Crippen LogP contribution in [0.2, 0.25) is 0 Å². The number of nitrogens with zero attached hydrogens (tertiary/aromatic N) is 3. The van der Waals surface area contributed by atoms with E-state index in [-0.39, 0.29) is 28.7 Å². The number of anilines is 2. The summed E-state index contributed by atoms with van der Waals surface area (Å²) in [6, 6.07) is 12.6. The van der Waals surface area contributed by atoms with Gasteiger partial charge in [-0.05, 0) is 61.4 Å². The molecule has 2 N–H and O–H groups in total. The quantitative estimate of drug-likeness (QED) is 0.302. The first kappa shape index (κ1) is 29.1. The Bertz CT molecular complexity index is 1490. The number of carboxylic acids is 1. The second-order valence-electron chi connectivity index (χ2n) is 9.56. The number of pyridine rings is 2. The minimum Gasteiger partial charge on any atom is -0.481 e. The Balaban J connectivity index is 1.59. The molecule has 12 heteroatoms. The first-order valence-corrected chi connectivity index (χ1v) is 14.2. The molecule has 1 atom stereocenters. The number of rotatable bonds is 10. The second-order valence-corrected chi connectivity index (χ2v) is 11.2. The number of sulfonamides is 1. The second kappa shape index (κ2) is 12.1. The van der Waals surface area contributed by atoms with Gasteiger partial charge in [0.2, 0.25) is 0 Å². The highest BCUT2D eigenvalue weighted by atomic mass is 32.2. The highest BCUT2D eigenvalue weighted by molar-refractivity contribution is 7.92. The molecule has 0 saturated carbocycles. The molecule has 0 spiro atoms. The van der Waals surface area contributed by atoms with Crippen molar-refractivity contribution in [3.05, 3.63) is 72.3 Å². The third-order valence-corrected chi connectivity index (χ3v) is 7.96. The zero-order valence-electron chi connectivity index (χ0n) is 21.6. The lowest BCUT2D eigenvalue weighted by molar-refractivity contribution is -0.138. The van der Waals surface area contributed by atoms with E-state index < -0.39 is 33.4 Å². The van der Waals surface area contributed by atoms with Crippen molar-refractivity contribution in [3.8, 4) is 11.3 Å². The maximum Gasteiger partial charge on any atom is 0.418 e. The summed E-state index contributed by atoms with van der Waals surface area (Å²) < 4.78 is 70.2. The van der Waals surface area contributed by atoms with Gasteiger partial charge in [0.25, 0.3) is 10.0 Å². The van der Waals surface area contributed by atoms with E-state index in [1.165, 1.54) is 18.2 Å². The molecule has 3 heterocycles. The van der Waals surface area contributed by atoms with E-state index in [0.29, 0.717) is 30.9 Å². The number of carbonyl (C=O) groups is 1. The molecule has 0 bridgehead atoms. The first-order chi connectivity index (χ1) is 19.0. The molecule has 212 valence electrons. The summed E-state index contributed by atoms with van der Waals surface area (Å²) in [5.41, 5.74) is -0.855. The van der Waals surface area contributed by atoms with Crippen LogP contribution in [0.4, 0.5) is 24.8 Å². The fourth-order valence-corrected chi connectivity index (χ4v) is 5.78. The molecular formula is C28H29F3N4O4S. The van der Waals surface area contributed by atoms with E-state index in [1.807, 2.05) is 4.90 Å². The summed E-state index contributed by atoms with van der Waals surface area (Å²) in [5, 5.41) is 8.59. The Hall–Kier alpha value is -3.93. The largest absolute Gasteiger partial charge is 0.481 e. The lowest BCUT2D eigenvalue weighted by Crippen LogP contribution is -2.36. The molecule has 4 rings (SSSR count). The van der Waals surface area contributed by atoms with Crippen molar-refractivity contribution >= 4 is 33.7 Å². The van der Waals surface area contributed by atoms with E-state index in [2.05, 4.69) is 21.3 Å². The van der Waals surface area contributed by atoms with Crippen molar-refractivity contribution in [2.24, 2.45) is 5.92 Å². The van der Waals surface area contributed by atoms with Crippen molar-refractivity contribution < 1.29 is 31.5 Å². The number of piperidine rings is 1. The summed E-state index contributed by atoms with van der Waals surface area (Å²) in [6.45, 7) is 4.94. The maximum atomic E-state index is 13.8. The van der Waals surface area contributed by atoms with Gasteiger partial charge in [-0.2, -0.15) is 21.6 Å². The number of halogens is 3. The Labute approximate surface area is 230 Å². The van der Waals surface area contributed by atoms with Crippen LogP contribution in [-0.2, 0) is 21.0 Å². The average Bonchev–Trinajstić information content (AvgIpc) is 2.92. The van der Waals surface area contributed by atoms with E-state index in [0.717, 1.165) is 31.4 Å². The average molecular weight is 575 g/mol. The predicted molar refractivity (Wildman–Crippen MR) is 146 cm³/mol. The third-order valence-electron chi connectivity index (χ3n) is 6.71. The molecule has 0 amide bonds. The minimum atomic E-state index is -4.72. The first-order valence-electron chi connectivity index (χ1n) is 12.7. The van der Waals surface area contributed by atoms with Crippen LogP contribution in [0.1, 0.15) is 43.2 Å². The van der Waals surface area contributed by atoms with Gasteiger partial charge >= 0.3 is 12.1 Å². The Morgan fingerprint density at radius 3 is 2.62 bits per heavy atom. The molecule has 1 aromatic carbocycles. The zero-order valence-corrected chi connectivity index (χ0v) is 22.4. The van der Waals surface area contributed by atoms with Gasteiger partial charge < -0.3 is 10.0 Å². The number of alkyl halides is 3. The number of aliphatic carboxylic acids is 1. The summed E-state index contributed by atoms with van der Waals surface area (Å²) in [5.74, 6) is -0.405. The van der Waals surface area contributed by atoms with Crippen LogP contribution in [0.3, 0.4) is 0 Å². The number of carboxylic acid groups (broad SMARTS) is 1. The molecule has 8 nitrogen and oxygen atoms in total. The van der Waals surface area contributed by atoms with E-state index in [1.54, 1.807) is 30.3 Å². The number of hydrogen-bond acceptors (Lipinski definition) is 6. The summed E-state index contributed by atoms with van der Waals surface area (Å²) in [7, 11) is -4.29. The molecule has 1 saturated heterocycles. The van der Waals surface area contributed by atoms with E-state index in [4.69, 9.17) is 5.11 Å². The highest BCUT2D eigenvalue weighted by Crippen LogP contribution is 2.38. The van der Waals surface area contributed by atoms with Gasteiger partial charge in [-0.25, -0.2) is 9.97 Å². The van der Waals surface area contributed by atoms with Crippen molar-refractivity contribution in [1.29, 1.82) is 0 Å². The van der Waals surface area contributed by atoms with Crippen molar-refractivity contribution in [2.45, 2.75) is 43.3 Å². The lowest BCUT2D eigenvalue weighted by Gasteiger charge is -2.33. The zero-order chi connectivity index (χ0) is 28.9.